The van der Waals surface area contributed by atoms with Crippen LogP contribution < -0.4 is 5.32 Å². The Morgan fingerprint density at radius 3 is 2.80 bits per heavy atom. The van der Waals surface area contributed by atoms with E-state index in [1.165, 1.54) is 5.75 Å². The number of thioether (sulfide) groups is 2. The highest BCUT2D eigenvalue weighted by molar-refractivity contribution is 8.07. The normalized spacial score (nSPS) is 28.6. The van der Waals surface area contributed by atoms with E-state index in [0.29, 0.717) is 10.5 Å². The predicted molar refractivity (Wildman–Crippen MR) is 92.1 cm³/mol. The average Bonchev–Trinajstić information content (AvgIpc) is 2.80. The van der Waals surface area contributed by atoms with Crippen LogP contribution in [0.3, 0.4) is 0 Å². The van der Waals surface area contributed by atoms with Gasteiger partial charge < -0.3 is 5.32 Å². The standard InChI is InChI=1S/C14H24ClN3S2/c1-5-16-13(12-8-19-9(3)10(4)20-12)14-11(15)7-17-18(14)6-2/h7,9-10,12-13,16H,5-6,8H2,1-4H3. The van der Waals surface area contributed by atoms with E-state index in [-0.39, 0.29) is 6.04 Å². The number of nitrogens with one attached hydrogen (secondary N) is 1. The summed E-state index contributed by atoms with van der Waals surface area (Å²) >= 11 is 10.6. The molecule has 0 aliphatic carbocycles. The number of rotatable bonds is 5. The summed E-state index contributed by atoms with van der Waals surface area (Å²) in [5.74, 6) is 1.17. The lowest BCUT2D eigenvalue weighted by molar-refractivity contribution is 0.490. The van der Waals surface area contributed by atoms with Crippen LogP contribution in [0.25, 0.3) is 0 Å². The van der Waals surface area contributed by atoms with Gasteiger partial charge in [0, 0.05) is 28.0 Å². The third-order valence-electron chi connectivity index (χ3n) is 3.80. The number of hydrogen-bond acceptors (Lipinski definition) is 4. The molecule has 2 heterocycles. The van der Waals surface area contributed by atoms with Crippen LogP contribution >= 0.6 is 35.1 Å². The Balaban J connectivity index is 2.24. The summed E-state index contributed by atoms with van der Waals surface area (Å²) in [6.07, 6.45) is 1.78. The summed E-state index contributed by atoms with van der Waals surface area (Å²) in [7, 11) is 0. The van der Waals surface area contributed by atoms with Crippen LogP contribution in [-0.4, -0.2) is 37.8 Å². The van der Waals surface area contributed by atoms with Crippen LogP contribution in [0.1, 0.15) is 39.4 Å². The van der Waals surface area contributed by atoms with E-state index in [9.17, 15) is 0 Å². The fourth-order valence-electron chi connectivity index (χ4n) is 2.54. The Morgan fingerprint density at radius 1 is 1.45 bits per heavy atom. The van der Waals surface area contributed by atoms with Gasteiger partial charge in [0.25, 0.3) is 0 Å². The smallest absolute Gasteiger partial charge is 0.0834 e. The Hall–Kier alpha value is 0.160. The molecule has 2 rings (SSSR count). The van der Waals surface area contributed by atoms with Crippen molar-refractivity contribution in [3.8, 4) is 0 Å². The van der Waals surface area contributed by atoms with Gasteiger partial charge in [-0.15, -0.1) is 0 Å². The first kappa shape index (κ1) is 16.5. The van der Waals surface area contributed by atoms with Crippen LogP contribution in [0.4, 0.5) is 0 Å². The molecule has 1 aromatic heterocycles. The first-order valence-electron chi connectivity index (χ1n) is 7.30. The third-order valence-corrected chi connectivity index (χ3v) is 7.58. The van der Waals surface area contributed by atoms with Crippen LogP contribution in [0, 0.1) is 0 Å². The van der Waals surface area contributed by atoms with Crippen LogP contribution in [-0.2, 0) is 6.54 Å². The molecule has 4 unspecified atom stereocenters. The Bertz CT molecular complexity index is 438. The highest BCUT2D eigenvalue weighted by atomic mass is 35.5. The molecule has 0 aromatic carbocycles. The van der Waals surface area contributed by atoms with Gasteiger partial charge >= 0.3 is 0 Å². The van der Waals surface area contributed by atoms with Crippen molar-refractivity contribution in [1.82, 2.24) is 15.1 Å². The number of aromatic nitrogens is 2. The lowest BCUT2D eigenvalue weighted by Crippen LogP contribution is -2.38. The average molecular weight is 334 g/mol. The van der Waals surface area contributed by atoms with Gasteiger partial charge in [-0.3, -0.25) is 4.68 Å². The fourth-order valence-corrected chi connectivity index (χ4v) is 5.89. The van der Waals surface area contributed by atoms with Crippen molar-refractivity contribution in [3.63, 3.8) is 0 Å². The second kappa shape index (κ2) is 7.43. The number of aryl methyl sites for hydroxylation is 1. The van der Waals surface area contributed by atoms with Gasteiger partial charge in [0.05, 0.1) is 23.0 Å². The second-order valence-electron chi connectivity index (χ2n) is 5.15. The number of halogens is 1. The van der Waals surface area contributed by atoms with Crippen molar-refractivity contribution in [2.45, 2.75) is 56.0 Å². The Kier molecular flexibility index (Phi) is 6.14. The maximum Gasteiger partial charge on any atom is 0.0834 e. The number of hydrogen-bond donors (Lipinski definition) is 1. The van der Waals surface area contributed by atoms with Gasteiger partial charge in [-0.25, -0.2) is 0 Å². The molecule has 4 atom stereocenters. The van der Waals surface area contributed by atoms with Crippen molar-refractivity contribution in [2.24, 2.45) is 0 Å². The first-order valence-corrected chi connectivity index (χ1v) is 9.67. The zero-order valence-corrected chi connectivity index (χ0v) is 15.0. The molecule has 0 radical (unpaired) electrons. The minimum absolute atomic E-state index is 0.280. The molecule has 1 saturated heterocycles. The molecule has 0 spiro atoms. The first-order chi connectivity index (χ1) is 9.58. The molecule has 1 fully saturated rings. The van der Waals surface area contributed by atoms with Crippen LogP contribution in [0.15, 0.2) is 6.20 Å². The highest BCUT2D eigenvalue weighted by Crippen LogP contribution is 2.42. The molecule has 0 saturated carbocycles. The molecule has 6 heteroatoms. The van der Waals surface area contributed by atoms with E-state index < -0.39 is 0 Å². The van der Waals surface area contributed by atoms with E-state index in [2.05, 4.69) is 61.6 Å². The summed E-state index contributed by atoms with van der Waals surface area (Å²) in [6, 6.07) is 0.280. The second-order valence-corrected chi connectivity index (χ2v) is 8.59. The quantitative estimate of drug-likeness (QED) is 0.886. The minimum Gasteiger partial charge on any atom is -0.308 e. The lowest BCUT2D eigenvalue weighted by atomic mass is 10.1. The van der Waals surface area contributed by atoms with Crippen molar-refractivity contribution >= 4 is 35.1 Å². The van der Waals surface area contributed by atoms with Crippen molar-refractivity contribution < 1.29 is 0 Å². The van der Waals surface area contributed by atoms with Crippen molar-refractivity contribution in [2.75, 3.05) is 12.3 Å². The molecular weight excluding hydrogens is 310 g/mol. The lowest BCUT2D eigenvalue weighted by Gasteiger charge is -2.36. The van der Waals surface area contributed by atoms with Gasteiger partial charge in [0.1, 0.15) is 0 Å². The molecule has 1 aliphatic heterocycles. The van der Waals surface area contributed by atoms with E-state index in [4.69, 9.17) is 11.6 Å². The van der Waals surface area contributed by atoms with Gasteiger partial charge in [-0.1, -0.05) is 32.4 Å². The summed E-state index contributed by atoms with van der Waals surface area (Å²) < 4.78 is 2.03. The van der Waals surface area contributed by atoms with E-state index in [0.717, 1.165) is 29.1 Å². The molecule has 1 aromatic rings. The fraction of sp³-hybridized carbons (Fsp3) is 0.786. The molecule has 0 bridgehead atoms. The maximum atomic E-state index is 6.40. The molecule has 114 valence electrons. The zero-order valence-electron chi connectivity index (χ0n) is 12.6. The molecular formula is C14H24ClN3S2. The van der Waals surface area contributed by atoms with Crippen LogP contribution in [0.5, 0.6) is 0 Å². The molecule has 1 N–H and O–H groups in total. The van der Waals surface area contributed by atoms with Crippen molar-refractivity contribution in [1.29, 1.82) is 0 Å². The summed E-state index contributed by atoms with van der Waals surface area (Å²) in [6.45, 7) is 10.7. The van der Waals surface area contributed by atoms with E-state index in [1.54, 1.807) is 6.20 Å². The highest BCUT2D eigenvalue weighted by Gasteiger charge is 2.34. The van der Waals surface area contributed by atoms with Gasteiger partial charge in [-0.2, -0.15) is 28.6 Å². The summed E-state index contributed by atoms with van der Waals surface area (Å²) in [5, 5.41) is 10.8. The minimum atomic E-state index is 0.280. The third kappa shape index (κ3) is 3.49. The maximum absolute atomic E-state index is 6.40. The monoisotopic (exact) mass is 333 g/mol. The molecule has 20 heavy (non-hydrogen) atoms. The van der Waals surface area contributed by atoms with E-state index in [1.807, 2.05) is 4.68 Å². The molecule has 3 nitrogen and oxygen atoms in total. The zero-order chi connectivity index (χ0) is 14.7. The number of nitrogens with zero attached hydrogens (tertiary/aromatic N) is 2. The predicted octanol–water partition coefficient (Wildman–Crippen LogP) is 3.83. The Morgan fingerprint density at radius 2 is 2.20 bits per heavy atom. The van der Waals surface area contributed by atoms with Crippen molar-refractivity contribution in [3.05, 3.63) is 16.9 Å². The Labute approximate surface area is 135 Å². The van der Waals surface area contributed by atoms with Gasteiger partial charge in [0.2, 0.25) is 0 Å². The topological polar surface area (TPSA) is 29.9 Å². The largest absolute Gasteiger partial charge is 0.308 e. The van der Waals surface area contributed by atoms with Gasteiger partial charge in [0.15, 0.2) is 0 Å². The molecule has 1 aliphatic rings. The van der Waals surface area contributed by atoms with Crippen LogP contribution in [0.2, 0.25) is 5.02 Å². The van der Waals surface area contributed by atoms with Gasteiger partial charge in [-0.05, 0) is 13.5 Å². The molecule has 0 amide bonds. The van der Waals surface area contributed by atoms with E-state index >= 15 is 0 Å². The summed E-state index contributed by atoms with van der Waals surface area (Å²) in [5.41, 5.74) is 1.15. The summed E-state index contributed by atoms with van der Waals surface area (Å²) in [4.78, 5) is 0. The SMILES string of the molecule is CCNC(c1c(Cl)cnn1CC)C1CSC(C)C(C)S1.